The Kier molecular flexibility index (Phi) is 10.8. The van der Waals surface area contributed by atoms with Crippen molar-refractivity contribution in [1.29, 1.82) is 0 Å². The number of ether oxygens (including phenoxy) is 2. The lowest BCUT2D eigenvalue weighted by Gasteiger charge is -2.16. The van der Waals surface area contributed by atoms with Crippen molar-refractivity contribution >= 4 is 11.9 Å². The van der Waals surface area contributed by atoms with Gasteiger partial charge in [-0.2, -0.15) is 0 Å². The van der Waals surface area contributed by atoms with Crippen LogP contribution < -0.4 is 0 Å². The van der Waals surface area contributed by atoms with Crippen LogP contribution in [0.1, 0.15) is 90.9 Å². The van der Waals surface area contributed by atoms with E-state index < -0.39 is 5.92 Å². The van der Waals surface area contributed by atoms with E-state index in [4.69, 9.17) is 9.47 Å². The molecule has 0 spiro atoms. The molecule has 1 rings (SSSR count). The van der Waals surface area contributed by atoms with Crippen molar-refractivity contribution in [2.24, 2.45) is 11.8 Å². The molecule has 0 unspecified atom stereocenters. The van der Waals surface area contributed by atoms with Gasteiger partial charge in [-0.15, -0.1) is 0 Å². The van der Waals surface area contributed by atoms with Crippen molar-refractivity contribution in [3.63, 3.8) is 0 Å². The highest BCUT2D eigenvalue weighted by Gasteiger charge is 2.46. The zero-order valence-corrected chi connectivity index (χ0v) is 15.9. The van der Waals surface area contributed by atoms with Crippen LogP contribution in [0.2, 0.25) is 0 Å². The molecule has 4 nitrogen and oxygen atoms in total. The molecule has 1 aliphatic rings. The minimum Gasteiger partial charge on any atom is -0.469 e. The van der Waals surface area contributed by atoms with Crippen LogP contribution in [0, 0.1) is 11.8 Å². The second-order valence-corrected chi connectivity index (χ2v) is 7.14. The van der Waals surface area contributed by atoms with E-state index in [1.165, 1.54) is 64.9 Å². The number of methoxy groups -OCH3 is 1. The molecule has 0 saturated carbocycles. The number of cyclic esters (lactones) is 1. The van der Waals surface area contributed by atoms with E-state index in [1.807, 2.05) is 0 Å². The molecule has 1 fully saturated rings. The molecular weight excluding hydrogens is 304 g/mol. The molecule has 4 heteroatoms. The number of hydrogen-bond acceptors (Lipinski definition) is 4. The lowest BCUT2D eigenvalue weighted by molar-refractivity contribution is -0.148. The monoisotopic (exact) mass is 340 g/mol. The molecule has 24 heavy (non-hydrogen) atoms. The van der Waals surface area contributed by atoms with Crippen molar-refractivity contribution in [2.45, 2.75) is 97.0 Å². The molecule has 0 aromatic carbocycles. The van der Waals surface area contributed by atoms with E-state index in [2.05, 4.69) is 6.92 Å². The molecule has 0 aromatic rings. The Morgan fingerprint density at radius 2 is 1.46 bits per heavy atom. The Morgan fingerprint density at radius 1 is 0.958 bits per heavy atom. The molecule has 1 aliphatic heterocycles. The van der Waals surface area contributed by atoms with Crippen LogP contribution in [0.15, 0.2) is 0 Å². The van der Waals surface area contributed by atoms with Gasteiger partial charge in [0, 0.05) is 0 Å². The maximum Gasteiger partial charge on any atom is 0.313 e. The Hall–Kier alpha value is -1.06. The minimum atomic E-state index is -0.425. The molecule has 0 aromatic heterocycles. The first-order chi connectivity index (χ1) is 11.6. The largest absolute Gasteiger partial charge is 0.469 e. The van der Waals surface area contributed by atoms with Gasteiger partial charge in [-0.25, -0.2) is 0 Å². The molecule has 0 radical (unpaired) electrons. The first-order valence-electron chi connectivity index (χ1n) is 9.90. The van der Waals surface area contributed by atoms with E-state index >= 15 is 0 Å². The number of hydrogen-bond donors (Lipinski definition) is 0. The zero-order chi connectivity index (χ0) is 17.8. The van der Waals surface area contributed by atoms with E-state index in [0.29, 0.717) is 0 Å². The number of esters is 2. The van der Waals surface area contributed by atoms with E-state index in [-0.39, 0.29) is 24.0 Å². The van der Waals surface area contributed by atoms with Crippen molar-refractivity contribution in [2.75, 3.05) is 7.11 Å². The number of rotatable bonds is 13. The summed E-state index contributed by atoms with van der Waals surface area (Å²) in [6, 6.07) is 0. The lowest BCUT2D eigenvalue weighted by atomic mass is 9.89. The maximum atomic E-state index is 11.8. The SMILES string of the molecule is CCCCCCCCCCCCC[C@@H]1OC(=O)[C@H](C)[C@H]1C(=O)OC. The molecular formula is C20H36O4. The van der Waals surface area contributed by atoms with Gasteiger partial charge in [-0.1, -0.05) is 78.1 Å². The minimum absolute atomic E-state index is 0.265. The first kappa shape index (κ1) is 21.0. The summed E-state index contributed by atoms with van der Waals surface area (Å²) in [5.74, 6) is -1.39. The van der Waals surface area contributed by atoms with Crippen molar-refractivity contribution < 1.29 is 19.1 Å². The Morgan fingerprint density at radius 3 is 1.96 bits per heavy atom. The van der Waals surface area contributed by atoms with E-state index in [0.717, 1.165) is 19.3 Å². The Balaban J connectivity index is 2.06. The third-order valence-corrected chi connectivity index (χ3v) is 5.14. The normalized spacial score (nSPS) is 23.3. The average molecular weight is 341 g/mol. The van der Waals surface area contributed by atoms with Crippen LogP contribution in [-0.4, -0.2) is 25.2 Å². The predicted octanol–water partition coefficient (Wildman–Crippen LogP) is 5.04. The third kappa shape index (κ3) is 7.23. The fourth-order valence-electron chi connectivity index (χ4n) is 3.54. The number of carbonyl (C=O) groups is 2. The fourth-order valence-corrected chi connectivity index (χ4v) is 3.54. The summed E-state index contributed by atoms with van der Waals surface area (Å²) < 4.78 is 10.2. The van der Waals surface area contributed by atoms with Gasteiger partial charge in [0.15, 0.2) is 0 Å². The fraction of sp³-hybridized carbons (Fsp3) is 0.900. The quantitative estimate of drug-likeness (QED) is 0.348. The van der Waals surface area contributed by atoms with Gasteiger partial charge < -0.3 is 9.47 Å². The van der Waals surface area contributed by atoms with Gasteiger partial charge in [0.25, 0.3) is 0 Å². The highest BCUT2D eigenvalue weighted by molar-refractivity contribution is 5.85. The third-order valence-electron chi connectivity index (χ3n) is 5.14. The smallest absolute Gasteiger partial charge is 0.313 e. The lowest BCUT2D eigenvalue weighted by Crippen LogP contribution is -2.29. The summed E-state index contributed by atoms with van der Waals surface area (Å²) >= 11 is 0. The second kappa shape index (κ2) is 12.3. The summed E-state index contributed by atoms with van der Waals surface area (Å²) in [5, 5.41) is 0. The summed E-state index contributed by atoms with van der Waals surface area (Å²) in [4.78, 5) is 23.5. The van der Waals surface area contributed by atoms with Crippen LogP contribution in [0.3, 0.4) is 0 Å². The van der Waals surface area contributed by atoms with Crippen LogP contribution in [-0.2, 0) is 19.1 Å². The van der Waals surface area contributed by atoms with Crippen molar-refractivity contribution in [3.05, 3.63) is 0 Å². The zero-order valence-electron chi connectivity index (χ0n) is 15.9. The van der Waals surface area contributed by atoms with Crippen LogP contribution in [0.4, 0.5) is 0 Å². The molecule has 0 bridgehead atoms. The molecule has 140 valence electrons. The van der Waals surface area contributed by atoms with Gasteiger partial charge in [-0.3, -0.25) is 9.59 Å². The van der Waals surface area contributed by atoms with Crippen LogP contribution >= 0.6 is 0 Å². The molecule has 3 atom stereocenters. The summed E-state index contributed by atoms with van der Waals surface area (Å²) in [6.07, 6.45) is 14.7. The number of carbonyl (C=O) groups excluding carboxylic acids is 2. The summed E-state index contributed by atoms with van der Waals surface area (Å²) in [5.41, 5.74) is 0. The molecule has 0 amide bonds. The van der Waals surface area contributed by atoms with Gasteiger partial charge in [0.1, 0.15) is 12.0 Å². The molecule has 1 heterocycles. The predicted molar refractivity (Wildman–Crippen MR) is 95.6 cm³/mol. The van der Waals surface area contributed by atoms with Gasteiger partial charge in [-0.05, 0) is 12.8 Å². The first-order valence-corrected chi connectivity index (χ1v) is 9.90. The number of unbranched alkanes of at least 4 members (excludes halogenated alkanes) is 10. The van der Waals surface area contributed by atoms with Crippen molar-refractivity contribution in [1.82, 2.24) is 0 Å². The maximum absolute atomic E-state index is 11.8. The van der Waals surface area contributed by atoms with Gasteiger partial charge >= 0.3 is 11.9 Å². The van der Waals surface area contributed by atoms with Gasteiger partial charge in [0.2, 0.25) is 0 Å². The summed E-state index contributed by atoms with van der Waals surface area (Å²) in [7, 11) is 1.37. The second-order valence-electron chi connectivity index (χ2n) is 7.14. The average Bonchev–Trinajstić information content (AvgIpc) is 2.86. The highest BCUT2D eigenvalue weighted by atomic mass is 16.6. The van der Waals surface area contributed by atoms with Crippen LogP contribution in [0.5, 0.6) is 0 Å². The van der Waals surface area contributed by atoms with Crippen LogP contribution in [0.25, 0.3) is 0 Å². The van der Waals surface area contributed by atoms with E-state index in [9.17, 15) is 9.59 Å². The molecule has 1 saturated heterocycles. The Labute approximate surface area is 147 Å². The molecule has 0 N–H and O–H groups in total. The Bertz CT molecular complexity index is 367. The molecule has 0 aliphatic carbocycles. The standard InChI is InChI=1S/C20H36O4/c1-4-5-6-7-8-9-10-11-12-13-14-15-17-18(20(22)23-3)16(2)19(21)24-17/h16-18H,4-15H2,1-3H3/t16-,17+,18-/m1/s1. The van der Waals surface area contributed by atoms with E-state index in [1.54, 1.807) is 6.92 Å². The van der Waals surface area contributed by atoms with Gasteiger partial charge in [0.05, 0.1) is 13.0 Å². The summed E-state index contributed by atoms with van der Waals surface area (Å²) in [6.45, 7) is 4.00. The highest BCUT2D eigenvalue weighted by Crippen LogP contribution is 2.32. The topological polar surface area (TPSA) is 52.6 Å². The van der Waals surface area contributed by atoms with Crippen molar-refractivity contribution in [3.8, 4) is 0 Å².